The number of rotatable bonds is 12. The van der Waals surface area contributed by atoms with Crippen molar-refractivity contribution in [2.75, 3.05) is 10.8 Å². The van der Waals surface area contributed by atoms with Gasteiger partial charge in [0.25, 0.3) is 10.0 Å². The maximum Gasteiger partial charge on any atom is 0.264 e. The quantitative estimate of drug-likeness (QED) is 0.184. The monoisotopic (exact) mass is 655 g/mol. The fraction of sp³-hybridized carbons (Fsp3) is 0.316. The third-order valence-corrected chi connectivity index (χ3v) is 10.7. The van der Waals surface area contributed by atoms with E-state index in [1.54, 1.807) is 48.5 Å². The molecule has 0 spiro atoms. The van der Waals surface area contributed by atoms with Crippen molar-refractivity contribution >= 4 is 27.5 Å². The lowest BCUT2D eigenvalue weighted by Crippen LogP contribution is -2.55. The van der Waals surface area contributed by atoms with Gasteiger partial charge in [-0.05, 0) is 73.7 Å². The average Bonchev–Trinajstić information content (AvgIpc) is 3.08. The fourth-order valence-electron chi connectivity index (χ4n) is 6.04. The summed E-state index contributed by atoms with van der Waals surface area (Å²) < 4.78 is 44.6. The highest BCUT2D eigenvalue weighted by Gasteiger charge is 2.35. The molecule has 47 heavy (non-hydrogen) atoms. The number of halogens is 1. The van der Waals surface area contributed by atoms with E-state index in [-0.39, 0.29) is 35.4 Å². The third-order valence-electron chi connectivity index (χ3n) is 8.91. The highest BCUT2D eigenvalue weighted by molar-refractivity contribution is 7.92. The van der Waals surface area contributed by atoms with Crippen molar-refractivity contribution in [2.24, 2.45) is 0 Å². The van der Waals surface area contributed by atoms with Gasteiger partial charge >= 0.3 is 0 Å². The summed E-state index contributed by atoms with van der Waals surface area (Å²) in [4.78, 5) is 30.2. The first kappa shape index (κ1) is 33.9. The molecule has 0 unspecified atom stereocenters. The van der Waals surface area contributed by atoms with Gasteiger partial charge in [0.15, 0.2) is 0 Å². The first-order valence-corrected chi connectivity index (χ1v) is 17.6. The van der Waals surface area contributed by atoms with Crippen molar-refractivity contribution in [3.05, 3.63) is 131 Å². The van der Waals surface area contributed by atoms with Crippen LogP contribution in [0.2, 0.25) is 0 Å². The van der Waals surface area contributed by atoms with Crippen LogP contribution < -0.4 is 9.62 Å². The minimum Gasteiger partial charge on any atom is -0.352 e. The molecular formula is C38H42FN3O4S. The molecule has 4 aromatic rings. The van der Waals surface area contributed by atoms with Crippen molar-refractivity contribution < 1.29 is 22.4 Å². The van der Waals surface area contributed by atoms with Gasteiger partial charge in [-0.2, -0.15) is 0 Å². The van der Waals surface area contributed by atoms with Crippen LogP contribution in [-0.2, 0) is 32.6 Å². The van der Waals surface area contributed by atoms with Crippen molar-refractivity contribution in [3.63, 3.8) is 0 Å². The summed E-state index contributed by atoms with van der Waals surface area (Å²) in [5.74, 6) is -1.47. The van der Waals surface area contributed by atoms with E-state index in [1.165, 1.54) is 23.1 Å². The highest BCUT2D eigenvalue weighted by Crippen LogP contribution is 2.27. The Morgan fingerprint density at radius 1 is 0.830 bits per heavy atom. The summed E-state index contributed by atoms with van der Waals surface area (Å²) in [6.07, 6.45) is 5.00. The van der Waals surface area contributed by atoms with Gasteiger partial charge in [0.1, 0.15) is 18.4 Å². The number of carbonyl (C=O) groups excluding carboxylic acids is 2. The van der Waals surface area contributed by atoms with Crippen LogP contribution in [0.5, 0.6) is 0 Å². The highest BCUT2D eigenvalue weighted by atomic mass is 32.2. The van der Waals surface area contributed by atoms with Crippen LogP contribution in [-0.4, -0.2) is 43.8 Å². The second-order valence-electron chi connectivity index (χ2n) is 12.3. The van der Waals surface area contributed by atoms with Crippen LogP contribution >= 0.6 is 0 Å². The van der Waals surface area contributed by atoms with Gasteiger partial charge < -0.3 is 10.2 Å². The van der Waals surface area contributed by atoms with Crippen LogP contribution in [0.25, 0.3) is 0 Å². The van der Waals surface area contributed by atoms with E-state index in [1.807, 2.05) is 50.2 Å². The Morgan fingerprint density at radius 3 is 2.13 bits per heavy atom. The number of benzene rings is 4. The van der Waals surface area contributed by atoms with Gasteiger partial charge in [-0.1, -0.05) is 92.1 Å². The molecule has 9 heteroatoms. The van der Waals surface area contributed by atoms with Crippen LogP contribution in [0, 0.1) is 19.7 Å². The topological polar surface area (TPSA) is 86.8 Å². The summed E-state index contributed by atoms with van der Waals surface area (Å²) >= 11 is 0. The van der Waals surface area contributed by atoms with E-state index in [2.05, 4.69) is 5.32 Å². The molecule has 246 valence electrons. The summed E-state index contributed by atoms with van der Waals surface area (Å²) in [6.45, 7) is 3.00. The number of amides is 2. The maximum absolute atomic E-state index is 15.2. The summed E-state index contributed by atoms with van der Waals surface area (Å²) in [6, 6.07) is 27.6. The molecular weight excluding hydrogens is 614 g/mol. The molecule has 0 aliphatic heterocycles. The van der Waals surface area contributed by atoms with Crippen molar-refractivity contribution in [1.82, 2.24) is 10.2 Å². The lowest BCUT2D eigenvalue weighted by molar-refractivity contribution is -0.140. The number of hydrogen-bond donors (Lipinski definition) is 1. The van der Waals surface area contributed by atoms with Gasteiger partial charge in [0.05, 0.1) is 10.6 Å². The van der Waals surface area contributed by atoms with Gasteiger partial charge in [-0.25, -0.2) is 12.8 Å². The second kappa shape index (κ2) is 15.4. The number of hydrogen-bond acceptors (Lipinski definition) is 4. The molecule has 2 amide bonds. The molecule has 4 aromatic carbocycles. The van der Waals surface area contributed by atoms with Gasteiger partial charge in [-0.15, -0.1) is 0 Å². The van der Waals surface area contributed by atoms with Gasteiger partial charge in [-0.3, -0.25) is 13.9 Å². The lowest BCUT2D eigenvalue weighted by atomic mass is 9.94. The van der Waals surface area contributed by atoms with Crippen molar-refractivity contribution in [1.29, 1.82) is 0 Å². The summed E-state index contributed by atoms with van der Waals surface area (Å²) in [5.41, 5.74) is 3.21. The third kappa shape index (κ3) is 8.46. The van der Waals surface area contributed by atoms with Crippen LogP contribution in [0.3, 0.4) is 0 Å². The first-order valence-electron chi connectivity index (χ1n) is 16.2. The number of anilines is 1. The SMILES string of the molecule is Cc1ccc(N(CC(=O)N(Cc2ccccc2F)[C@H](Cc2ccccc2)C(=O)NC2CCCCC2)S(=O)(=O)c2ccccc2)cc1C. The number of carbonyl (C=O) groups is 2. The fourth-order valence-corrected chi connectivity index (χ4v) is 7.46. The van der Waals surface area contributed by atoms with Crippen LogP contribution in [0.15, 0.2) is 108 Å². The molecule has 1 saturated carbocycles. The summed E-state index contributed by atoms with van der Waals surface area (Å²) in [7, 11) is -4.21. The van der Waals surface area contributed by atoms with E-state index in [0.717, 1.165) is 53.1 Å². The van der Waals surface area contributed by atoms with Gasteiger partial charge in [0.2, 0.25) is 11.8 Å². The lowest BCUT2D eigenvalue weighted by Gasteiger charge is -2.35. The molecule has 1 fully saturated rings. The molecule has 1 N–H and O–H groups in total. The van der Waals surface area contributed by atoms with Crippen LogP contribution in [0.1, 0.15) is 54.4 Å². The Kier molecular flexibility index (Phi) is 11.1. The zero-order valence-corrected chi connectivity index (χ0v) is 27.8. The molecule has 0 radical (unpaired) electrons. The van der Waals surface area contributed by atoms with Gasteiger partial charge in [0, 0.05) is 24.6 Å². The predicted octanol–water partition coefficient (Wildman–Crippen LogP) is 6.73. The molecule has 0 heterocycles. The van der Waals surface area contributed by atoms with E-state index in [0.29, 0.717) is 5.69 Å². The standard InChI is InChI=1S/C38H42FN3O4S/c1-28-22-23-33(24-29(28)2)42(47(45,46)34-19-10-5-11-20-34)27-37(43)41(26-31-16-12-13-21-35(31)39)36(25-30-14-6-3-7-15-30)38(44)40-32-17-8-4-9-18-32/h3,5-7,10-16,19-24,32,36H,4,8-9,17-18,25-27H2,1-2H3,(H,40,44)/t36-/m1/s1. The van der Waals surface area contributed by atoms with E-state index in [9.17, 15) is 18.0 Å². The minimum atomic E-state index is -4.21. The Labute approximate surface area is 277 Å². The average molecular weight is 656 g/mol. The number of sulfonamides is 1. The molecule has 0 aromatic heterocycles. The van der Waals surface area contributed by atoms with E-state index in [4.69, 9.17) is 0 Å². The zero-order chi connectivity index (χ0) is 33.4. The molecule has 0 saturated heterocycles. The van der Waals surface area contributed by atoms with Crippen LogP contribution in [0.4, 0.5) is 10.1 Å². The summed E-state index contributed by atoms with van der Waals surface area (Å²) in [5, 5.41) is 3.17. The largest absolute Gasteiger partial charge is 0.352 e. The molecule has 1 aliphatic rings. The van der Waals surface area contributed by atoms with Crippen molar-refractivity contribution in [2.45, 2.75) is 75.9 Å². The Morgan fingerprint density at radius 2 is 1.47 bits per heavy atom. The second-order valence-corrected chi connectivity index (χ2v) is 14.1. The Balaban J connectivity index is 1.58. The number of aryl methyl sites for hydroxylation is 2. The maximum atomic E-state index is 15.2. The normalized spacial score (nSPS) is 14.3. The van der Waals surface area contributed by atoms with Crippen molar-refractivity contribution in [3.8, 4) is 0 Å². The van der Waals surface area contributed by atoms with E-state index >= 15 is 4.39 Å². The van der Waals surface area contributed by atoms with E-state index < -0.39 is 34.3 Å². The number of nitrogens with one attached hydrogen (secondary N) is 1. The minimum absolute atomic E-state index is 0.0228. The molecule has 5 rings (SSSR count). The smallest absolute Gasteiger partial charge is 0.264 e. The Hall–Kier alpha value is -4.50. The molecule has 0 bridgehead atoms. The number of nitrogens with zero attached hydrogens (tertiary/aromatic N) is 2. The zero-order valence-electron chi connectivity index (χ0n) is 26.9. The molecule has 1 aliphatic carbocycles. The first-order chi connectivity index (χ1) is 22.6. The molecule has 7 nitrogen and oxygen atoms in total. The predicted molar refractivity (Wildman–Crippen MR) is 183 cm³/mol. The Bertz CT molecular complexity index is 1780. The molecule has 1 atom stereocenters.